The average Bonchev–Trinajstić information content (AvgIpc) is 2.32. The summed E-state index contributed by atoms with van der Waals surface area (Å²) in [6, 6.07) is 7.43. The quantitative estimate of drug-likeness (QED) is 0.880. The lowest BCUT2D eigenvalue weighted by atomic mass is 9.82. The summed E-state index contributed by atoms with van der Waals surface area (Å²) in [4.78, 5) is 10.9. The molecule has 1 atom stereocenters. The molecule has 0 amide bonds. The van der Waals surface area contributed by atoms with E-state index in [2.05, 4.69) is 19.2 Å². The van der Waals surface area contributed by atoms with E-state index in [1.54, 1.807) is 18.2 Å². The Balaban J connectivity index is 2.13. The highest BCUT2D eigenvalue weighted by Crippen LogP contribution is 2.36. The van der Waals surface area contributed by atoms with Crippen LogP contribution >= 0.6 is 11.8 Å². The van der Waals surface area contributed by atoms with Crippen molar-refractivity contribution in [3.8, 4) is 0 Å². The first-order chi connectivity index (χ1) is 8.49. The minimum Gasteiger partial charge on any atom is -0.478 e. The maximum atomic E-state index is 10.9. The minimum absolute atomic E-state index is 0.254. The van der Waals surface area contributed by atoms with Gasteiger partial charge in [0.15, 0.2) is 0 Å². The molecule has 1 saturated heterocycles. The van der Waals surface area contributed by atoms with Gasteiger partial charge in [0, 0.05) is 17.5 Å². The molecule has 1 aliphatic heterocycles. The summed E-state index contributed by atoms with van der Waals surface area (Å²) in [6.07, 6.45) is 1.19. The van der Waals surface area contributed by atoms with Crippen LogP contribution in [0.1, 0.15) is 30.6 Å². The number of thioether (sulfide) groups is 1. The Morgan fingerprint density at radius 2 is 2.28 bits per heavy atom. The normalized spacial score (nSPS) is 22.4. The van der Waals surface area contributed by atoms with Gasteiger partial charge in [0.2, 0.25) is 0 Å². The van der Waals surface area contributed by atoms with Crippen LogP contribution in [0.2, 0.25) is 0 Å². The van der Waals surface area contributed by atoms with Crippen molar-refractivity contribution < 1.29 is 9.90 Å². The Hall–Kier alpha value is -1.16. The summed E-state index contributed by atoms with van der Waals surface area (Å²) >= 11 is 1.96. The molecule has 2 rings (SSSR count). The highest BCUT2D eigenvalue weighted by molar-refractivity contribution is 7.99. The fraction of sp³-hybridized carbons (Fsp3) is 0.500. The van der Waals surface area contributed by atoms with Crippen LogP contribution in [0, 0.1) is 5.41 Å². The van der Waals surface area contributed by atoms with Gasteiger partial charge in [-0.15, -0.1) is 0 Å². The molecule has 0 bridgehead atoms. The average molecular weight is 265 g/mol. The molecule has 0 spiro atoms. The van der Waals surface area contributed by atoms with Gasteiger partial charge in [0.25, 0.3) is 0 Å². The number of hydrogen-bond acceptors (Lipinski definition) is 3. The van der Waals surface area contributed by atoms with Crippen LogP contribution in [0.4, 0.5) is 5.69 Å². The molecule has 0 aliphatic carbocycles. The molecule has 98 valence electrons. The smallest absolute Gasteiger partial charge is 0.335 e. The Morgan fingerprint density at radius 1 is 1.50 bits per heavy atom. The van der Waals surface area contributed by atoms with Crippen LogP contribution < -0.4 is 5.32 Å². The Kier molecular flexibility index (Phi) is 3.85. The second kappa shape index (κ2) is 5.22. The van der Waals surface area contributed by atoms with E-state index in [4.69, 9.17) is 5.11 Å². The van der Waals surface area contributed by atoms with Crippen LogP contribution in [0.3, 0.4) is 0 Å². The summed E-state index contributed by atoms with van der Waals surface area (Å²) in [5.74, 6) is 1.40. The molecule has 1 aliphatic rings. The molecule has 1 aromatic carbocycles. The highest BCUT2D eigenvalue weighted by Gasteiger charge is 2.32. The topological polar surface area (TPSA) is 49.3 Å². The molecule has 0 radical (unpaired) electrons. The van der Waals surface area contributed by atoms with Crippen molar-refractivity contribution in [2.24, 2.45) is 5.41 Å². The third-order valence-electron chi connectivity index (χ3n) is 3.57. The molecule has 1 heterocycles. The third-order valence-corrected chi connectivity index (χ3v) is 4.63. The van der Waals surface area contributed by atoms with Crippen molar-refractivity contribution in [3.05, 3.63) is 29.8 Å². The van der Waals surface area contributed by atoms with Crippen molar-refractivity contribution in [1.82, 2.24) is 0 Å². The summed E-state index contributed by atoms with van der Waals surface area (Å²) in [5, 5.41) is 12.5. The van der Waals surface area contributed by atoms with Crippen molar-refractivity contribution in [2.45, 2.75) is 26.3 Å². The zero-order chi connectivity index (χ0) is 13.2. The number of anilines is 1. The van der Waals surface area contributed by atoms with E-state index in [0.29, 0.717) is 11.6 Å². The summed E-state index contributed by atoms with van der Waals surface area (Å²) in [6.45, 7) is 4.54. The molecule has 1 fully saturated rings. The van der Waals surface area contributed by atoms with Crippen molar-refractivity contribution in [1.29, 1.82) is 0 Å². The van der Waals surface area contributed by atoms with Gasteiger partial charge < -0.3 is 10.4 Å². The summed E-state index contributed by atoms with van der Waals surface area (Å²) < 4.78 is 0. The van der Waals surface area contributed by atoms with Gasteiger partial charge in [-0.05, 0) is 35.8 Å². The lowest BCUT2D eigenvalue weighted by Gasteiger charge is -2.39. The van der Waals surface area contributed by atoms with E-state index in [1.165, 1.54) is 12.2 Å². The molecule has 18 heavy (non-hydrogen) atoms. The predicted molar refractivity (Wildman–Crippen MR) is 76.5 cm³/mol. The molecular weight excluding hydrogens is 246 g/mol. The van der Waals surface area contributed by atoms with Gasteiger partial charge in [0.05, 0.1) is 5.56 Å². The van der Waals surface area contributed by atoms with Crippen molar-refractivity contribution >= 4 is 23.4 Å². The van der Waals surface area contributed by atoms with Crippen LogP contribution in [0.25, 0.3) is 0 Å². The standard InChI is InChI=1S/C14H19NO2S/c1-14(2)6-7-18-9-12(14)15-11-5-3-4-10(8-11)13(16)17/h3-5,8,12,15H,6-7,9H2,1-2H3,(H,16,17). The number of hydrogen-bond donors (Lipinski definition) is 2. The first-order valence-corrected chi connectivity index (χ1v) is 7.32. The number of nitrogens with one attached hydrogen (secondary N) is 1. The van der Waals surface area contributed by atoms with Crippen molar-refractivity contribution in [2.75, 3.05) is 16.8 Å². The van der Waals surface area contributed by atoms with E-state index < -0.39 is 5.97 Å². The Labute approximate surface area is 112 Å². The zero-order valence-corrected chi connectivity index (χ0v) is 11.6. The lowest BCUT2D eigenvalue weighted by Crippen LogP contribution is -2.41. The first-order valence-electron chi connectivity index (χ1n) is 6.17. The Bertz CT molecular complexity index is 445. The number of benzene rings is 1. The third kappa shape index (κ3) is 2.99. The Morgan fingerprint density at radius 3 is 2.94 bits per heavy atom. The SMILES string of the molecule is CC1(C)CCSCC1Nc1cccc(C(=O)O)c1. The van der Waals surface area contributed by atoms with E-state index >= 15 is 0 Å². The second-order valence-electron chi connectivity index (χ2n) is 5.40. The van der Waals surface area contributed by atoms with Gasteiger partial charge in [-0.1, -0.05) is 19.9 Å². The fourth-order valence-corrected chi connectivity index (χ4v) is 3.72. The fourth-order valence-electron chi connectivity index (χ4n) is 2.12. The molecular formula is C14H19NO2S. The van der Waals surface area contributed by atoms with Gasteiger partial charge in [-0.3, -0.25) is 0 Å². The van der Waals surface area contributed by atoms with E-state index in [9.17, 15) is 4.79 Å². The number of carbonyl (C=O) groups is 1. The van der Waals surface area contributed by atoms with Crippen LogP contribution in [0.5, 0.6) is 0 Å². The van der Waals surface area contributed by atoms with Crippen LogP contribution in [0.15, 0.2) is 24.3 Å². The molecule has 2 N–H and O–H groups in total. The predicted octanol–water partition coefficient (Wildman–Crippen LogP) is 3.33. The monoisotopic (exact) mass is 265 g/mol. The van der Waals surface area contributed by atoms with Crippen LogP contribution in [-0.4, -0.2) is 28.6 Å². The summed E-state index contributed by atoms with van der Waals surface area (Å²) in [5.41, 5.74) is 1.49. The van der Waals surface area contributed by atoms with Gasteiger partial charge in [0.1, 0.15) is 0 Å². The molecule has 1 unspecified atom stereocenters. The van der Waals surface area contributed by atoms with E-state index in [1.807, 2.05) is 17.8 Å². The number of carboxylic acids is 1. The van der Waals surface area contributed by atoms with Gasteiger partial charge in [-0.25, -0.2) is 4.79 Å². The number of rotatable bonds is 3. The summed E-state index contributed by atoms with van der Waals surface area (Å²) in [7, 11) is 0. The molecule has 0 aromatic heterocycles. The lowest BCUT2D eigenvalue weighted by molar-refractivity contribution is 0.0697. The minimum atomic E-state index is -0.879. The maximum Gasteiger partial charge on any atom is 0.335 e. The van der Waals surface area contributed by atoms with E-state index in [0.717, 1.165) is 11.4 Å². The molecule has 1 aromatic rings. The zero-order valence-electron chi connectivity index (χ0n) is 10.8. The largest absolute Gasteiger partial charge is 0.478 e. The first kappa shape index (κ1) is 13.3. The highest BCUT2D eigenvalue weighted by atomic mass is 32.2. The van der Waals surface area contributed by atoms with Gasteiger partial charge in [-0.2, -0.15) is 11.8 Å². The number of aromatic carboxylic acids is 1. The number of carboxylic acid groups (broad SMARTS) is 1. The molecule has 4 heteroatoms. The van der Waals surface area contributed by atoms with E-state index in [-0.39, 0.29) is 5.41 Å². The van der Waals surface area contributed by atoms with Crippen molar-refractivity contribution in [3.63, 3.8) is 0 Å². The van der Waals surface area contributed by atoms with Gasteiger partial charge >= 0.3 is 5.97 Å². The van der Waals surface area contributed by atoms with Crippen LogP contribution in [-0.2, 0) is 0 Å². The molecule has 3 nitrogen and oxygen atoms in total. The molecule has 0 saturated carbocycles. The second-order valence-corrected chi connectivity index (χ2v) is 6.55. The maximum absolute atomic E-state index is 10.9.